The monoisotopic (exact) mass is 627 g/mol. The fourth-order valence-electron chi connectivity index (χ4n) is 2.84. The van der Waals surface area contributed by atoms with Gasteiger partial charge in [0.1, 0.15) is 28.7 Å². The van der Waals surface area contributed by atoms with Crippen molar-refractivity contribution in [3.63, 3.8) is 0 Å². The second kappa shape index (κ2) is 9.67. The van der Waals surface area contributed by atoms with E-state index in [0.717, 1.165) is 23.0 Å². The number of rotatable bonds is 5. The number of pyridine rings is 1. The average Bonchev–Trinajstić information content (AvgIpc) is 2.68. The Morgan fingerprint density at radius 2 is 1.26 bits per heavy atom. The number of aromatic nitrogens is 1. The number of alkyl halides is 12. The van der Waals surface area contributed by atoms with Gasteiger partial charge in [0.2, 0.25) is 0 Å². The van der Waals surface area contributed by atoms with E-state index >= 15 is 0 Å². The van der Waals surface area contributed by atoms with Crippen molar-refractivity contribution in [2.45, 2.75) is 43.3 Å². The number of nitrogens with zero attached hydrogens (tertiary/aromatic N) is 1. The van der Waals surface area contributed by atoms with E-state index in [1.807, 2.05) is 0 Å². The first-order valence-corrected chi connectivity index (χ1v) is 9.53. The molecular weight excluding hydrogens is 617 g/mol. The van der Waals surface area contributed by atoms with Crippen LogP contribution in [0.2, 0.25) is 0 Å². The first-order chi connectivity index (χ1) is 15.2. The molecule has 1 aromatic heterocycles. The van der Waals surface area contributed by atoms with Crippen molar-refractivity contribution in [1.82, 2.24) is 4.98 Å². The van der Waals surface area contributed by atoms with Crippen LogP contribution < -0.4 is 0 Å². The molecule has 0 saturated heterocycles. The Bertz CT molecular complexity index is 982. The summed E-state index contributed by atoms with van der Waals surface area (Å²) in [5.41, 5.74) is -9.49. The molecule has 2 rings (SSSR count). The van der Waals surface area contributed by atoms with Crippen LogP contribution in [0.3, 0.4) is 0 Å². The lowest BCUT2D eigenvalue weighted by molar-refractivity contribution is -0.151. The Labute approximate surface area is 196 Å². The molecule has 34 heavy (non-hydrogen) atoms. The van der Waals surface area contributed by atoms with Gasteiger partial charge < -0.3 is 8.17 Å². The molecule has 0 aliphatic carbocycles. The Kier molecular flexibility index (Phi) is 8.09. The van der Waals surface area contributed by atoms with Crippen molar-refractivity contribution in [1.29, 1.82) is 0 Å². The number of hydrogen-bond acceptors (Lipinski definition) is 3. The van der Waals surface area contributed by atoms with E-state index in [4.69, 9.17) is 3.07 Å². The molecule has 0 bridgehead atoms. The summed E-state index contributed by atoms with van der Waals surface area (Å²) in [6, 6.07) is 0.716. The lowest BCUT2D eigenvalue weighted by atomic mass is 9.94. The summed E-state index contributed by atoms with van der Waals surface area (Å²) >= 11 is 1.05. The van der Waals surface area contributed by atoms with Crippen LogP contribution in [0.4, 0.5) is 52.7 Å². The number of aliphatic hydroxyl groups is 1. The van der Waals surface area contributed by atoms with E-state index in [9.17, 15) is 57.8 Å². The SMILES string of the molecule is OC(CC(OI)c1cc(C(F)(F)F)cc(C(F)(F)F)c1)c1ccc(C(F)(F)F)nc1C(F)(F)F. The van der Waals surface area contributed by atoms with E-state index in [1.165, 1.54) is 0 Å². The van der Waals surface area contributed by atoms with Crippen molar-refractivity contribution in [2.24, 2.45) is 0 Å². The van der Waals surface area contributed by atoms with Crippen molar-refractivity contribution in [3.05, 3.63) is 64.0 Å². The van der Waals surface area contributed by atoms with Crippen LogP contribution in [0.5, 0.6) is 0 Å². The second-order valence-electron chi connectivity index (χ2n) is 6.80. The number of halogens is 13. The van der Waals surface area contributed by atoms with Crippen LogP contribution in [-0.4, -0.2) is 10.1 Å². The molecule has 0 aliphatic rings. The zero-order chi connectivity index (χ0) is 26.3. The van der Waals surface area contributed by atoms with Gasteiger partial charge in [-0.25, -0.2) is 4.98 Å². The molecule has 1 N–H and O–H groups in total. The first-order valence-electron chi connectivity index (χ1n) is 8.65. The highest BCUT2D eigenvalue weighted by atomic mass is 127. The molecule has 2 unspecified atom stereocenters. The van der Waals surface area contributed by atoms with Gasteiger partial charge in [0, 0.05) is 12.0 Å². The predicted molar refractivity (Wildman–Crippen MR) is 98.1 cm³/mol. The molecule has 3 nitrogen and oxygen atoms in total. The van der Waals surface area contributed by atoms with E-state index in [0.29, 0.717) is 0 Å². The van der Waals surface area contributed by atoms with Crippen LogP contribution >= 0.6 is 23.0 Å². The average molecular weight is 627 g/mol. The summed E-state index contributed by atoms with van der Waals surface area (Å²) in [7, 11) is 0. The van der Waals surface area contributed by atoms with E-state index in [2.05, 4.69) is 4.98 Å². The van der Waals surface area contributed by atoms with E-state index in [1.54, 1.807) is 0 Å². The summed E-state index contributed by atoms with van der Waals surface area (Å²) < 4.78 is 161. The zero-order valence-electron chi connectivity index (χ0n) is 16.0. The summed E-state index contributed by atoms with van der Waals surface area (Å²) in [6.07, 6.45) is -26.4. The summed E-state index contributed by atoms with van der Waals surface area (Å²) in [4.78, 5) is 2.48. The Morgan fingerprint density at radius 1 is 0.765 bits per heavy atom. The highest BCUT2D eigenvalue weighted by Crippen LogP contribution is 2.42. The standard InChI is InChI=1S/C18H10F12INO2/c19-15(20,21)8-3-7(4-9(5-8)16(22,23)24)12(34-31)6-11(33)10-1-2-13(17(25,26)27)32-14(10)18(28,29)30/h1-5,11-12,33H,6H2. The van der Waals surface area contributed by atoms with Crippen molar-refractivity contribution in [3.8, 4) is 0 Å². The predicted octanol–water partition coefficient (Wildman–Crippen LogP) is 7.69. The molecule has 190 valence electrons. The fraction of sp³-hybridized carbons (Fsp3) is 0.389. The lowest BCUT2D eigenvalue weighted by Gasteiger charge is -2.23. The van der Waals surface area contributed by atoms with Gasteiger partial charge in [-0.2, -0.15) is 52.7 Å². The van der Waals surface area contributed by atoms with Gasteiger partial charge >= 0.3 is 24.7 Å². The molecule has 0 amide bonds. The van der Waals surface area contributed by atoms with Gasteiger partial charge in [-0.15, -0.1) is 0 Å². The van der Waals surface area contributed by atoms with Crippen LogP contribution in [0.25, 0.3) is 0 Å². The highest BCUT2D eigenvalue weighted by molar-refractivity contribution is 14.1. The van der Waals surface area contributed by atoms with E-state index in [-0.39, 0.29) is 30.3 Å². The molecule has 0 saturated carbocycles. The molecule has 1 heterocycles. The van der Waals surface area contributed by atoms with Gasteiger partial charge in [-0.3, -0.25) is 0 Å². The molecule has 16 heteroatoms. The fourth-order valence-corrected chi connectivity index (χ4v) is 3.34. The minimum atomic E-state index is -5.47. The lowest BCUT2D eigenvalue weighted by Crippen LogP contribution is -2.20. The summed E-state index contributed by atoms with van der Waals surface area (Å²) in [5, 5.41) is 10.2. The molecule has 0 fully saturated rings. The minimum Gasteiger partial charge on any atom is -0.388 e. The minimum absolute atomic E-state index is 0.139. The molecule has 0 radical (unpaired) electrons. The van der Waals surface area contributed by atoms with Gasteiger partial charge in [-0.1, -0.05) is 6.07 Å². The molecule has 0 spiro atoms. The third-order valence-corrected chi connectivity index (χ3v) is 4.98. The number of benzene rings is 1. The molecular formula is C18H10F12INO2. The van der Waals surface area contributed by atoms with Gasteiger partial charge in [0.05, 0.1) is 23.3 Å². The van der Waals surface area contributed by atoms with Crippen LogP contribution in [0, 0.1) is 0 Å². The summed E-state index contributed by atoms with van der Waals surface area (Å²) in [6.45, 7) is 0. The Hall–Kier alpha value is -1.82. The maximum atomic E-state index is 13.3. The number of aliphatic hydroxyl groups excluding tert-OH is 1. The van der Waals surface area contributed by atoms with Crippen LogP contribution in [-0.2, 0) is 27.8 Å². The maximum Gasteiger partial charge on any atom is 0.433 e. The van der Waals surface area contributed by atoms with Crippen LogP contribution in [0.15, 0.2) is 30.3 Å². The largest absolute Gasteiger partial charge is 0.433 e. The highest BCUT2D eigenvalue weighted by Gasteiger charge is 2.42. The second-order valence-corrected chi connectivity index (χ2v) is 7.31. The molecule has 2 atom stereocenters. The van der Waals surface area contributed by atoms with Gasteiger partial charge in [0.25, 0.3) is 0 Å². The third-order valence-electron chi connectivity index (χ3n) is 4.37. The topological polar surface area (TPSA) is 42.4 Å². The van der Waals surface area contributed by atoms with Crippen molar-refractivity contribution >= 4 is 23.0 Å². The van der Waals surface area contributed by atoms with Crippen molar-refractivity contribution < 1.29 is 60.9 Å². The molecule has 1 aromatic carbocycles. The zero-order valence-corrected chi connectivity index (χ0v) is 18.1. The Morgan fingerprint density at radius 3 is 1.65 bits per heavy atom. The quantitative estimate of drug-likeness (QED) is 0.273. The Balaban J connectivity index is 2.52. The van der Waals surface area contributed by atoms with Crippen molar-refractivity contribution in [2.75, 3.05) is 0 Å². The van der Waals surface area contributed by atoms with Crippen LogP contribution in [0.1, 0.15) is 52.3 Å². The number of hydrogen-bond donors (Lipinski definition) is 1. The van der Waals surface area contributed by atoms with Gasteiger partial charge in [-0.05, 0) is 29.8 Å². The normalized spacial score (nSPS) is 15.4. The summed E-state index contributed by atoms with van der Waals surface area (Å²) in [5.74, 6) is 0. The molecule has 2 aromatic rings. The maximum absolute atomic E-state index is 13.3. The first kappa shape index (κ1) is 28.4. The smallest absolute Gasteiger partial charge is 0.388 e. The van der Waals surface area contributed by atoms with Gasteiger partial charge in [0.15, 0.2) is 5.69 Å². The third kappa shape index (κ3) is 6.87. The molecule has 0 aliphatic heterocycles. The van der Waals surface area contributed by atoms with E-state index < -0.39 is 77.0 Å².